The van der Waals surface area contributed by atoms with Crippen molar-refractivity contribution in [1.29, 1.82) is 0 Å². The fraction of sp³-hybridized carbons (Fsp3) is 0.625. The van der Waals surface area contributed by atoms with Gasteiger partial charge in [0.05, 0.1) is 18.0 Å². The van der Waals surface area contributed by atoms with Crippen LogP contribution in [0.4, 0.5) is 25.1 Å². The van der Waals surface area contributed by atoms with Crippen LogP contribution in [0.5, 0.6) is 0 Å². The fourth-order valence-corrected chi connectivity index (χ4v) is 2.60. The van der Waals surface area contributed by atoms with Crippen molar-refractivity contribution in [3.05, 3.63) is 27.9 Å². The molecule has 0 bridgehead atoms. The molecule has 0 spiro atoms. The number of carbonyl (C=O) groups excluding carboxylic acids is 1. The zero-order valence-corrected chi connectivity index (χ0v) is 15.2. The predicted molar refractivity (Wildman–Crippen MR) is 90.6 cm³/mol. The van der Waals surface area contributed by atoms with Gasteiger partial charge in [-0.2, -0.15) is 0 Å². The summed E-state index contributed by atoms with van der Waals surface area (Å²) >= 11 is 0. The highest BCUT2D eigenvalue weighted by Crippen LogP contribution is 2.27. The van der Waals surface area contributed by atoms with E-state index < -0.39 is 35.6 Å². The molecular formula is C16H22F2N4O4. The molecule has 1 aromatic rings. The van der Waals surface area contributed by atoms with E-state index in [0.717, 1.165) is 4.90 Å². The predicted octanol–water partition coefficient (Wildman–Crippen LogP) is 2.99. The van der Waals surface area contributed by atoms with Gasteiger partial charge in [0.25, 0.3) is 11.6 Å². The molecule has 10 heteroatoms. The Bertz CT molecular complexity index is 706. The van der Waals surface area contributed by atoms with Gasteiger partial charge in [-0.3, -0.25) is 10.1 Å². The van der Waals surface area contributed by atoms with Crippen molar-refractivity contribution >= 4 is 17.6 Å². The number of hydrogen-bond acceptors (Lipinski definition) is 6. The van der Waals surface area contributed by atoms with Crippen molar-refractivity contribution < 1.29 is 23.2 Å². The molecule has 0 N–H and O–H groups in total. The molecule has 1 fully saturated rings. The Morgan fingerprint density at radius 1 is 1.31 bits per heavy atom. The van der Waals surface area contributed by atoms with Crippen LogP contribution in [0, 0.1) is 17.0 Å². The second kappa shape index (κ2) is 7.00. The summed E-state index contributed by atoms with van der Waals surface area (Å²) in [4.78, 5) is 28.8. The first kappa shape index (κ1) is 19.8. The van der Waals surface area contributed by atoms with Crippen molar-refractivity contribution in [2.24, 2.45) is 0 Å². The molecule has 8 nitrogen and oxygen atoms in total. The number of aromatic nitrogens is 1. The number of ether oxygens (including phenoxy) is 1. The Balaban J connectivity index is 2.20. The number of rotatable bonds is 2. The Hall–Kier alpha value is -2.52. The van der Waals surface area contributed by atoms with E-state index in [2.05, 4.69) is 4.98 Å². The Morgan fingerprint density at radius 2 is 1.96 bits per heavy atom. The minimum Gasteiger partial charge on any atom is -0.444 e. The number of halogens is 2. The highest BCUT2D eigenvalue weighted by atomic mass is 19.3. The summed E-state index contributed by atoms with van der Waals surface area (Å²) in [5, 5.41) is 10.9. The maximum Gasteiger partial charge on any atom is 0.410 e. The topological polar surface area (TPSA) is 88.8 Å². The second-order valence-corrected chi connectivity index (χ2v) is 7.21. The molecule has 144 valence electrons. The zero-order chi connectivity index (χ0) is 19.7. The maximum atomic E-state index is 14.3. The Morgan fingerprint density at radius 3 is 2.50 bits per heavy atom. The van der Waals surface area contributed by atoms with E-state index in [1.165, 1.54) is 24.0 Å². The van der Waals surface area contributed by atoms with Gasteiger partial charge in [-0.15, -0.1) is 0 Å². The number of nitrogens with zero attached hydrogens (tertiary/aromatic N) is 4. The summed E-state index contributed by atoms with van der Waals surface area (Å²) < 4.78 is 33.8. The number of alkyl halides is 2. The van der Waals surface area contributed by atoms with Crippen LogP contribution in [0.2, 0.25) is 0 Å². The number of amides is 1. The van der Waals surface area contributed by atoms with Crippen molar-refractivity contribution in [2.45, 2.75) is 39.2 Å². The first-order valence-electron chi connectivity index (χ1n) is 8.11. The van der Waals surface area contributed by atoms with Crippen LogP contribution in [0.1, 0.15) is 26.5 Å². The molecule has 1 amide bonds. The standard InChI is InChI=1S/C16H22F2N4O4/c1-11-12(22(24)25)5-6-13(19-11)20-7-8-21(10-16(17,18)9-20)14(23)26-15(2,3)4/h5-6H,7-10H2,1-4H3. The van der Waals surface area contributed by atoms with Crippen LogP contribution in [-0.4, -0.2) is 58.6 Å². The molecule has 2 rings (SSSR count). The maximum absolute atomic E-state index is 14.3. The third-order valence-corrected chi connectivity index (χ3v) is 3.70. The first-order chi connectivity index (χ1) is 11.9. The lowest BCUT2D eigenvalue weighted by Gasteiger charge is -2.27. The van der Waals surface area contributed by atoms with Crippen LogP contribution in [0.15, 0.2) is 12.1 Å². The molecule has 1 saturated heterocycles. The van der Waals surface area contributed by atoms with E-state index >= 15 is 0 Å². The van der Waals surface area contributed by atoms with E-state index in [0.29, 0.717) is 0 Å². The van der Waals surface area contributed by atoms with Gasteiger partial charge in [-0.1, -0.05) is 0 Å². The van der Waals surface area contributed by atoms with Gasteiger partial charge < -0.3 is 14.5 Å². The number of nitro groups is 1. The Kier molecular flexibility index (Phi) is 5.33. The number of carbonyl (C=O) groups is 1. The molecule has 0 aliphatic carbocycles. The molecule has 1 aromatic heterocycles. The minimum atomic E-state index is -3.18. The molecule has 1 aliphatic heterocycles. The monoisotopic (exact) mass is 372 g/mol. The lowest BCUT2D eigenvalue weighted by Crippen LogP contribution is -2.44. The summed E-state index contributed by atoms with van der Waals surface area (Å²) in [6, 6.07) is 2.58. The van der Waals surface area contributed by atoms with Crippen molar-refractivity contribution in [3.8, 4) is 0 Å². The van der Waals surface area contributed by atoms with Crippen molar-refractivity contribution in [2.75, 3.05) is 31.1 Å². The highest BCUT2D eigenvalue weighted by Gasteiger charge is 2.40. The second-order valence-electron chi connectivity index (χ2n) is 7.21. The third-order valence-electron chi connectivity index (χ3n) is 3.70. The minimum absolute atomic E-state index is 0.0300. The van der Waals surface area contributed by atoms with Gasteiger partial charge in [0.1, 0.15) is 17.1 Å². The van der Waals surface area contributed by atoms with Crippen molar-refractivity contribution in [1.82, 2.24) is 9.88 Å². The number of aryl methyl sites for hydroxylation is 1. The summed E-state index contributed by atoms with van der Waals surface area (Å²) in [7, 11) is 0. The van der Waals surface area contributed by atoms with Gasteiger partial charge >= 0.3 is 6.09 Å². The van der Waals surface area contributed by atoms with E-state index in [1.54, 1.807) is 20.8 Å². The molecule has 26 heavy (non-hydrogen) atoms. The molecular weight excluding hydrogens is 350 g/mol. The van der Waals surface area contributed by atoms with E-state index in [4.69, 9.17) is 4.74 Å². The third kappa shape index (κ3) is 4.99. The van der Waals surface area contributed by atoms with Crippen LogP contribution < -0.4 is 4.90 Å². The zero-order valence-electron chi connectivity index (χ0n) is 15.2. The molecule has 0 unspecified atom stereocenters. The lowest BCUT2D eigenvalue weighted by molar-refractivity contribution is -0.385. The molecule has 2 heterocycles. The summed E-state index contributed by atoms with van der Waals surface area (Å²) in [5.41, 5.74) is -0.815. The van der Waals surface area contributed by atoms with Crippen LogP contribution in [0.25, 0.3) is 0 Å². The van der Waals surface area contributed by atoms with E-state index in [-0.39, 0.29) is 30.3 Å². The van der Waals surface area contributed by atoms with E-state index in [1.807, 2.05) is 0 Å². The van der Waals surface area contributed by atoms with Gasteiger partial charge in [-0.25, -0.2) is 18.6 Å². The summed E-state index contributed by atoms with van der Waals surface area (Å²) in [6.07, 6.45) is -0.799. The smallest absolute Gasteiger partial charge is 0.410 e. The summed E-state index contributed by atoms with van der Waals surface area (Å²) in [6.45, 7) is 5.18. The average molecular weight is 372 g/mol. The van der Waals surface area contributed by atoms with Gasteiger partial charge in [0, 0.05) is 19.2 Å². The highest BCUT2D eigenvalue weighted by molar-refractivity contribution is 5.68. The van der Waals surface area contributed by atoms with Crippen LogP contribution >= 0.6 is 0 Å². The Labute approximate surface area is 149 Å². The van der Waals surface area contributed by atoms with Crippen LogP contribution in [-0.2, 0) is 4.74 Å². The van der Waals surface area contributed by atoms with Gasteiger partial charge in [0.2, 0.25) is 0 Å². The lowest BCUT2D eigenvalue weighted by atomic mass is 10.2. The molecule has 0 radical (unpaired) electrons. The van der Waals surface area contributed by atoms with E-state index in [9.17, 15) is 23.7 Å². The quantitative estimate of drug-likeness (QED) is 0.586. The normalized spacial score (nSPS) is 17.6. The van der Waals surface area contributed by atoms with Gasteiger partial charge in [0.15, 0.2) is 0 Å². The van der Waals surface area contributed by atoms with Gasteiger partial charge in [-0.05, 0) is 33.8 Å². The molecule has 0 atom stereocenters. The SMILES string of the molecule is Cc1nc(N2CCN(C(=O)OC(C)(C)C)CC(F)(F)C2)ccc1[N+](=O)[O-]. The molecule has 0 saturated carbocycles. The molecule has 0 aromatic carbocycles. The van der Waals surface area contributed by atoms with Crippen LogP contribution in [0.3, 0.4) is 0 Å². The molecule has 1 aliphatic rings. The largest absolute Gasteiger partial charge is 0.444 e. The van der Waals surface area contributed by atoms with Crippen molar-refractivity contribution in [3.63, 3.8) is 0 Å². The average Bonchev–Trinajstić information content (AvgIpc) is 2.63. The fourth-order valence-electron chi connectivity index (χ4n) is 2.60. The number of anilines is 1. The first-order valence-corrected chi connectivity index (χ1v) is 8.11. The summed E-state index contributed by atoms with van der Waals surface area (Å²) in [5.74, 6) is -2.97. The number of hydrogen-bond donors (Lipinski definition) is 0. The number of pyridine rings is 1.